The van der Waals surface area contributed by atoms with Crippen LogP contribution in [0.25, 0.3) is 0 Å². The first-order valence-corrected chi connectivity index (χ1v) is 4.29. The third kappa shape index (κ3) is 2.54. The van der Waals surface area contributed by atoms with Crippen LogP contribution in [0, 0.1) is 6.42 Å². The Hall–Kier alpha value is -0.870. The maximum absolute atomic E-state index is 10.9. The molecule has 0 aliphatic heterocycles. The number of hydrogen-bond acceptors (Lipinski definition) is 4. The smallest absolute Gasteiger partial charge is 0.330 e. The molecule has 0 spiro atoms. The summed E-state index contributed by atoms with van der Waals surface area (Å²) < 4.78 is 5.03. The van der Waals surface area contributed by atoms with Crippen molar-refractivity contribution in [2.24, 2.45) is 11.5 Å². The molecule has 13 heavy (non-hydrogen) atoms. The minimum absolute atomic E-state index is 0.400. The van der Waals surface area contributed by atoms with E-state index in [2.05, 4.69) is 6.58 Å². The summed E-state index contributed by atoms with van der Waals surface area (Å²) >= 11 is 0. The molecule has 0 aromatic rings. The number of hydrogen-bond donors (Lipinski definition) is 2. The first kappa shape index (κ1) is 10.2. The van der Waals surface area contributed by atoms with Crippen molar-refractivity contribution in [3.63, 3.8) is 0 Å². The van der Waals surface area contributed by atoms with Crippen LogP contribution in [0.2, 0.25) is 0 Å². The van der Waals surface area contributed by atoms with Gasteiger partial charge in [0.25, 0.3) is 0 Å². The van der Waals surface area contributed by atoms with E-state index in [0.717, 1.165) is 12.5 Å². The highest BCUT2D eigenvalue weighted by Gasteiger charge is 2.36. The van der Waals surface area contributed by atoms with Gasteiger partial charge in [0.1, 0.15) is 11.8 Å². The molecular formula is C9H15N2O2. The van der Waals surface area contributed by atoms with Gasteiger partial charge in [-0.3, -0.25) is 0 Å². The monoisotopic (exact) mass is 183 g/mol. The van der Waals surface area contributed by atoms with Gasteiger partial charge in [0.05, 0.1) is 0 Å². The molecule has 1 atom stereocenters. The average molecular weight is 183 g/mol. The largest absolute Gasteiger partial charge is 0.456 e. The van der Waals surface area contributed by atoms with E-state index in [-0.39, 0.29) is 0 Å². The number of esters is 1. The summed E-state index contributed by atoms with van der Waals surface area (Å²) in [4.78, 5) is 10.9. The van der Waals surface area contributed by atoms with Crippen molar-refractivity contribution in [2.75, 3.05) is 0 Å². The molecule has 0 saturated heterocycles. The van der Waals surface area contributed by atoms with Crippen molar-refractivity contribution >= 4 is 5.97 Å². The van der Waals surface area contributed by atoms with Crippen molar-refractivity contribution in [1.82, 2.24) is 0 Å². The number of ether oxygens (including phenoxy) is 1. The fourth-order valence-corrected chi connectivity index (χ4v) is 1.38. The molecule has 1 unspecified atom stereocenters. The SMILES string of the molecule is C=CC(=O)OC1CC[CH]CC1(N)N. The highest BCUT2D eigenvalue weighted by molar-refractivity contribution is 5.81. The molecule has 0 aromatic carbocycles. The van der Waals surface area contributed by atoms with E-state index in [9.17, 15) is 4.79 Å². The molecule has 1 rings (SSSR count). The van der Waals surface area contributed by atoms with E-state index in [0.29, 0.717) is 12.8 Å². The Morgan fingerprint density at radius 2 is 2.38 bits per heavy atom. The van der Waals surface area contributed by atoms with Gasteiger partial charge in [0, 0.05) is 6.08 Å². The highest BCUT2D eigenvalue weighted by Crippen LogP contribution is 2.24. The van der Waals surface area contributed by atoms with Gasteiger partial charge in [-0.25, -0.2) is 4.79 Å². The Morgan fingerprint density at radius 3 is 2.92 bits per heavy atom. The lowest BCUT2D eigenvalue weighted by molar-refractivity contribution is -0.147. The van der Waals surface area contributed by atoms with Crippen LogP contribution in [0.5, 0.6) is 0 Å². The van der Waals surface area contributed by atoms with Crippen LogP contribution in [0.3, 0.4) is 0 Å². The molecule has 0 aromatic heterocycles. The molecule has 0 heterocycles. The molecule has 1 aliphatic rings. The molecular weight excluding hydrogens is 168 g/mol. The van der Waals surface area contributed by atoms with E-state index in [1.165, 1.54) is 0 Å². The second-order valence-corrected chi connectivity index (χ2v) is 3.31. The third-order valence-corrected chi connectivity index (χ3v) is 2.16. The Balaban J connectivity index is 2.55. The Kier molecular flexibility index (Phi) is 3.06. The summed E-state index contributed by atoms with van der Waals surface area (Å²) in [6.07, 6.45) is 4.87. The zero-order chi connectivity index (χ0) is 9.90. The normalized spacial score (nSPS) is 26.5. The fraction of sp³-hybridized carbons (Fsp3) is 0.556. The minimum atomic E-state index is -0.920. The number of nitrogens with two attached hydrogens (primary N) is 2. The summed E-state index contributed by atoms with van der Waals surface area (Å²) in [7, 11) is 0. The van der Waals surface area contributed by atoms with Gasteiger partial charge in [-0.1, -0.05) is 6.58 Å². The standard InChI is InChI=1S/C9H15N2O2/c1-2-8(12)13-7-5-3-4-6-9(7,10)11/h2,4,7H,1,3,5-6,10-11H2. The number of carbonyl (C=O) groups excluding carboxylic acids is 1. The summed E-state index contributed by atoms with van der Waals surface area (Å²) in [5.41, 5.74) is 10.6. The zero-order valence-electron chi connectivity index (χ0n) is 7.53. The molecule has 73 valence electrons. The van der Waals surface area contributed by atoms with Crippen molar-refractivity contribution < 1.29 is 9.53 Å². The van der Waals surface area contributed by atoms with E-state index in [1.54, 1.807) is 0 Å². The average Bonchev–Trinajstić information content (AvgIpc) is 2.08. The molecule has 1 fully saturated rings. The topological polar surface area (TPSA) is 78.3 Å². The van der Waals surface area contributed by atoms with Crippen molar-refractivity contribution in [1.29, 1.82) is 0 Å². The lowest BCUT2D eigenvalue weighted by Crippen LogP contribution is -2.61. The molecule has 1 saturated carbocycles. The van der Waals surface area contributed by atoms with Crippen molar-refractivity contribution in [3.8, 4) is 0 Å². The van der Waals surface area contributed by atoms with Crippen LogP contribution >= 0.6 is 0 Å². The highest BCUT2D eigenvalue weighted by atomic mass is 16.5. The van der Waals surface area contributed by atoms with Gasteiger partial charge in [-0.05, 0) is 25.7 Å². The van der Waals surface area contributed by atoms with Crippen LogP contribution in [-0.4, -0.2) is 17.7 Å². The zero-order valence-corrected chi connectivity index (χ0v) is 7.53. The number of rotatable bonds is 2. The lowest BCUT2D eigenvalue weighted by atomic mass is 9.87. The fourth-order valence-electron chi connectivity index (χ4n) is 1.38. The summed E-state index contributed by atoms with van der Waals surface area (Å²) in [5.74, 6) is -0.466. The van der Waals surface area contributed by atoms with Crippen LogP contribution in [-0.2, 0) is 9.53 Å². The van der Waals surface area contributed by atoms with Crippen molar-refractivity contribution in [2.45, 2.75) is 31.0 Å². The Labute approximate surface area is 77.9 Å². The first-order valence-electron chi connectivity index (χ1n) is 4.29. The van der Waals surface area contributed by atoms with Gasteiger partial charge in [0.15, 0.2) is 0 Å². The van der Waals surface area contributed by atoms with Crippen LogP contribution in [0.15, 0.2) is 12.7 Å². The maximum Gasteiger partial charge on any atom is 0.330 e. The van der Waals surface area contributed by atoms with E-state index >= 15 is 0 Å². The second kappa shape index (κ2) is 3.89. The van der Waals surface area contributed by atoms with Gasteiger partial charge in [0.2, 0.25) is 0 Å². The molecule has 1 radical (unpaired) electrons. The maximum atomic E-state index is 10.9. The Morgan fingerprint density at radius 1 is 1.69 bits per heavy atom. The van der Waals surface area contributed by atoms with Crippen LogP contribution < -0.4 is 11.5 Å². The quantitative estimate of drug-likeness (QED) is 0.361. The van der Waals surface area contributed by atoms with E-state index < -0.39 is 17.7 Å². The summed E-state index contributed by atoms with van der Waals surface area (Å²) in [6, 6.07) is 0. The molecule has 4 nitrogen and oxygen atoms in total. The molecule has 0 bridgehead atoms. The van der Waals surface area contributed by atoms with Crippen LogP contribution in [0.1, 0.15) is 19.3 Å². The minimum Gasteiger partial charge on any atom is -0.456 e. The third-order valence-electron chi connectivity index (χ3n) is 2.16. The summed E-state index contributed by atoms with van der Waals surface area (Å²) in [6.45, 7) is 3.31. The Bertz CT molecular complexity index is 214. The van der Waals surface area contributed by atoms with Crippen LogP contribution in [0.4, 0.5) is 0 Å². The van der Waals surface area contributed by atoms with E-state index in [4.69, 9.17) is 16.2 Å². The van der Waals surface area contributed by atoms with E-state index in [1.807, 2.05) is 6.42 Å². The van der Waals surface area contributed by atoms with Gasteiger partial charge in [-0.2, -0.15) is 0 Å². The molecule has 4 heteroatoms. The predicted octanol–water partition coefficient (Wildman–Crippen LogP) is 0.0861. The second-order valence-electron chi connectivity index (χ2n) is 3.31. The predicted molar refractivity (Wildman–Crippen MR) is 49.3 cm³/mol. The lowest BCUT2D eigenvalue weighted by Gasteiger charge is -2.36. The number of carbonyl (C=O) groups is 1. The van der Waals surface area contributed by atoms with Gasteiger partial charge >= 0.3 is 5.97 Å². The summed E-state index contributed by atoms with van der Waals surface area (Å²) in [5, 5.41) is 0. The van der Waals surface area contributed by atoms with Gasteiger partial charge < -0.3 is 16.2 Å². The van der Waals surface area contributed by atoms with Crippen molar-refractivity contribution in [3.05, 3.63) is 19.1 Å². The van der Waals surface area contributed by atoms with Gasteiger partial charge in [-0.15, -0.1) is 0 Å². The molecule has 1 aliphatic carbocycles. The first-order chi connectivity index (χ1) is 6.06. The molecule has 4 N–H and O–H groups in total. The molecule has 0 amide bonds.